The van der Waals surface area contributed by atoms with E-state index in [1.165, 1.54) is 12.1 Å². The van der Waals surface area contributed by atoms with Crippen molar-refractivity contribution >= 4 is 5.91 Å². The zero-order valence-electron chi connectivity index (χ0n) is 12.5. The third-order valence-corrected chi connectivity index (χ3v) is 3.45. The van der Waals surface area contributed by atoms with Crippen LogP contribution < -0.4 is 15.4 Å². The Bertz CT molecular complexity index is 479. The minimum Gasteiger partial charge on any atom is -0.480 e. The molecule has 1 amide bonds. The smallest absolute Gasteiger partial charge is 0.261 e. The van der Waals surface area contributed by atoms with Crippen molar-refractivity contribution in [3.05, 3.63) is 29.6 Å². The molecule has 0 bridgehead atoms. The van der Waals surface area contributed by atoms with Crippen LogP contribution >= 0.6 is 0 Å². The summed E-state index contributed by atoms with van der Waals surface area (Å²) in [6.45, 7) is 4.25. The Hall–Kier alpha value is -1.62. The first kappa shape index (κ1) is 15.8. The van der Waals surface area contributed by atoms with E-state index in [0.717, 1.165) is 31.4 Å². The number of nitrogens with one attached hydrogen (secondary N) is 2. The molecule has 1 aromatic rings. The molecule has 0 saturated carbocycles. The molecule has 1 fully saturated rings. The number of amides is 1. The first-order valence-corrected chi connectivity index (χ1v) is 7.63. The minimum absolute atomic E-state index is 0.109. The SMILES string of the molecule is CCCNCc1cc(F)cc(OC2CCCCNC2=O)c1. The van der Waals surface area contributed by atoms with Gasteiger partial charge in [0, 0.05) is 19.2 Å². The lowest BCUT2D eigenvalue weighted by Crippen LogP contribution is -2.36. The Morgan fingerprint density at radius 2 is 2.24 bits per heavy atom. The van der Waals surface area contributed by atoms with Crippen LogP contribution in [-0.2, 0) is 11.3 Å². The fourth-order valence-electron chi connectivity index (χ4n) is 2.39. The summed E-state index contributed by atoms with van der Waals surface area (Å²) in [7, 11) is 0. The normalized spacial score (nSPS) is 19.0. The highest BCUT2D eigenvalue weighted by Crippen LogP contribution is 2.20. The molecule has 1 unspecified atom stereocenters. The van der Waals surface area contributed by atoms with E-state index >= 15 is 0 Å². The van der Waals surface area contributed by atoms with Gasteiger partial charge in [0.25, 0.3) is 5.91 Å². The van der Waals surface area contributed by atoms with Crippen molar-refractivity contribution in [2.45, 2.75) is 45.3 Å². The first-order valence-electron chi connectivity index (χ1n) is 7.63. The largest absolute Gasteiger partial charge is 0.480 e. The van der Waals surface area contributed by atoms with Crippen LogP contribution in [0.1, 0.15) is 38.2 Å². The maximum absolute atomic E-state index is 13.7. The second-order valence-electron chi connectivity index (χ2n) is 5.37. The highest BCUT2D eigenvalue weighted by Gasteiger charge is 2.22. The van der Waals surface area contributed by atoms with Crippen molar-refractivity contribution in [1.82, 2.24) is 10.6 Å². The molecule has 4 nitrogen and oxygen atoms in total. The van der Waals surface area contributed by atoms with Crippen molar-refractivity contribution in [2.24, 2.45) is 0 Å². The van der Waals surface area contributed by atoms with Gasteiger partial charge in [-0.2, -0.15) is 0 Å². The minimum atomic E-state index is -0.522. The Morgan fingerprint density at radius 3 is 3.05 bits per heavy atom. The number of carbonyl (C=O) groups is 1. The van der Waals surface area contributed by atoms with Crippen LogP contribution in [0, 0.1) is 5.82 Å². The van der Waals surface area contributed by atoms with Crippen molar-refractivity contribution < 1.29 is 13.9 Å². The summed E-state index contributed by atoms with van der Waals surface area (Å²) >= 11 is 0. The lowest BCUT2D eigenvalue weighted by Gasteiger charge is -2.16. The Balaban J connectivity index is 2.02. The van der Waals surface area contributed by atoms with Gasteiger partial charge >= 0.3 is 0 Å². The number of ether oxygens (including phenoxy) is 1. The fraction of sp³-hybridized carbons (Fsp3) is 0.562. The third kappa shape index (κ3) is 5.01. The molecule has 1 aliphatic rings. The summed E-state index contributed by atoms with van der Waals surface area (Å²) < 4.78 is 19.4. The van der Waals surface area contributed by atoms with Gasteiger partial charge in [0.2, 0.25) is 0 Å². The Kier molecular flexibility index (Phi) is 5.99. The van der Waals surface area contributed by atoms with Crippen molar-refractivity contribution in [2.75, 3.05) is 13.1 Å². The van der Waals surface area contributed by atoms with E-state index in [1.807, 2.05) is 0 Å². The van der Waals surface area contributed by atoms with Crippen LogP contribution in [0.3, 0.4) is 0 Å². The molecule has 21 heavy (non-hydrogen) atoms. The Labute approximate surface area is 125 Å². The molecule has 5 heteroatoms. The first-order chi connectivity index (χ1) is 10.2. The molecule has 1 heterocycles. The molecular formula is C16H23FN2O2. The summed E-state index contributed by atoms with van der Waals surface area (Å²) in [6, 6.07) is 4.62. The van der Waals surface area contributed by atoms with Gasteiger partial charge in [-0.15, -0.1) is 0 Å². The zero-order chi connectivity index (χ0) is 15.1. The monoisotopic (exact) mass is 294 g/mol. The number of hydrogen-bond acceptors (Lipinski definition) is 3. The highest BCUT2D eigenvalue weighted by molar-refractivity contribution is 5.81. The van der Waals surface area contributed by atoms with Gasteiger partial charge in [0.15, 0.2) is 6.10 Å². The van der Waals surface area contributed by atoms with E-state index in [0.29, 0.717) is 25.3 Å². The molecule has 0 spiro atoms. The fourth-order valence-corrected chi connectivity index (χ4v) is 2.39. The molecule has 2 rings (SSSR count). The van der Waals surface area contributed by atoms with Gasteiger partial charge < -0.3 is 15.4 Å². The molecule has 0 aromatic heterocycles. The lowest BCUT2D eigenvalue weighted by molar-refractivity contribution is -0.127. The van der Waals surface area contributed by atoms with Crippen LogP contribution in [0.4, 0.5) is 4.39 Å². The van der Waals surface area contributed by atoms with Gasteiger partial charge in [0.05, 0.1) is 0 Å². The van der Waals surface area contributed by atoms with Crippen molar-refractivity contribution in [3.8, 4) is 5.75 Å². The van der Waals surface area contributed by atoms with Crippen molar-refractivity contribution in [3.63, 3.8) is 0 Å². The molecule has 0 radical (unpaired) electrons. The zero-order valence-corrected chi connectivity index (χ0v) is 12.5. The average molecular weight is 294 g/mol. The van der Waals surface area contributed by atoms with Gasteiger partial charge in [0.1, 0.15) is 11.6 Å². The van der Waals surface area contributed by atoms with E-state index in [1.54, 1.807) is 6.07 Å². The highest BCUT2D eigenvalue weighted by atomic mass is 19.1. The number of halogens is 1. The standard InChI is InChI=1S/C16H23FN2O2/c1-2-6-18-11-12-8-13(17)10-14(9-12)21-15-5-3-4-7-19-16(15)20/h8-10,15,18H,2-7,11H2,1H3,(H,19,20). The molecule has 116 valence electrons. The van der Waals surface area contributed by atoms with Crippen molar-refractivity contribution in [1.29, 1.82) is 0 Å². The summed E-state index contributed by atoms with van der Waals surface area (Å²) in [5.74, 6) is -0.0254. The van der Waals surface area contributed by atoms with Crippen LogP contribution in [0.15, 0.2) is 18.2 Å². The number of hydrogen-bond donors (Lipinski definition) is 2. The van der Waals surface area contributed by atoms with Crippen LogP contribution in [0.25, 0.3) is 0 Å². The third-order valence-electron chi connectivity index (χ3n) is 3.45. The summed E-state index contributed by atoms with van der Waals surface area (Å²) in [5.41, 5.74) is 0.826. The van der Waals surface area contributed by atoms with E-state index in [2.05, 4.69) is 17.6 Å². The van der Waals surface area contributed by atoms with Gasteiger partial charge in [-0.1, -0.05) is 6.92 Å². The summed E-state index contributed by atoms with van der Waals surface area (Å²) in [5, 5.41) is 6.04. The molecular weight excluding hydrogens is 271 g/mol. The quantitative estimate of drug-likeness (QED) is 0.792. The second-order valence-corrected chi connectivity index (χ2v) is 5.37. The molecule has 1 aromatic carbocycles. The van der Waals surface area contributed by atoms with E-state index in [4.69, 9.17) is 4.74 Å². The van der Waals surface area contributed by atoms with E-state index in [-0.39, 0.29) is 11.7 Å². The maximum atomic E-state index is 13.7. The van der Waals surface area contributed by atoms with Gasteiger partial charge in [-0.05, 0) is 49.9 Å². The van der Waals surface area contributed by atoms with Gasteiger partial charge in [-0.25, -0.2) is 4.39 Å². The molecule has 1 saturated heterocycles. The van der Waals surface area contributed by atoms with Crippen LogP contribution in [0.5, 0.6) is 5.75 Å². The van der Waals surface area contributed by atoms with Gasteiger partial charge in [-0.3, -0.25) is 4.79 Å². The number of carbonyl (C=O) groups excluding carboxylic acids is 1. The lowest BCUT2D eigenvalue weighted by atomic mass is 10.1. The Morgan fingerprint density at radius 1 is 1.38 bits per heavy atom. The predicted octanol–water partition coefficient (Wildman–Crippen LogP) is 2.37. The summed E-state index contributed by atoms with van der Waals surface area (Å²) in [6.07, 6.45) is 3.07. The van der Waals surface area contributed by atoms with Crippen LogP contribution in [-0.4, -0.2) is 25.1 Å². The average Bonchev–Trinajstić information content (AvgIpc) is 2.64. The number of rotatable bonds is 6. The maximum Gasteiger partial charge on any atom is 0.261 e. The predicted molar refractivity (Wildman–Crippen MR) is 79.7 cm³/mol. The summed E-state index contributed by atoms with van der Waals surface area (Å²) in [4.78, 5) is 11.9. The topological polar surface area (TPSA) is 50.4 Å². The molecule has 1 aliphatic heterocycles. The molecule has 2 N–H and O–H groups in total. The number of benzene rings is 1. The molecule has 0 aliphatic carbocycles. The van der Waals surface area contributed by atoms with Crippen LogP contribution in [0.2, 0.25) is 0 Å². The second kappa shape index (κ2) is 7.98. The molecule has 1 atom stereocenters. The van der Waals surface area contributed by atoms with E-state index in [9.17, 15) is 9.18 Å². The van der Waals surface area contributed by atoms with E-state index < -0.39 is 6.10 Å².